The van der Waals surface area contributed by atoms with E-state index in [9.17, 15) is 0 Å². The molecule has 1 radical (unpaired) electrons. The SMILES string of the molecule is [c]1nc2ncccc2c2ccccc12. The van der Waals surface area contributed by atoms with Crippen LogP contribution in [0.25, 0.3) is 21.8 Å². The molecule has 0 aliphatic rings. The Morgan fingerprint density at radius 3 is 2.79 bits per heavy atom. The minimum absolute atomic E-state index is 0.756. The highest BCUT2D eigenvalue weighted by molar-refractivity contribution is 6.03. The number of hydrogen-bond acceptors (Lipinski definition) is 2. The van der Waals surface area contributed by atoms with Crippen molar-refractivity contribution in [3.8, 4) is 0 Å². The molecule has 0 saturated carbocycles. The molecule has 0 spiro atoms. The molecular weight excluding hydrogens is 172 g/mol. The number of fused-ring (bicyclic) bond motifs is 3. The average Bonchev–Trinajstić information content (AvgIpc) is 2.29. The third-order valence-electron chi connectivity index (χ3n) is 2.29. The van der Waals surface area contributed by atoms with Crippen molar-refractivity contribution in [3.63, 3.8) is 0 Å². The van der Waals surface area contributed by atoms with Crippen LogP contribution >= 0.6 is 0 Å². The lowest BCUT2D eigenvalue weighted by Gasteiger charge is -1.99. The molecule has 2 aromatic heterocycles. The molecule has 0 unspecified atom stereocenters. The lowest BCUT2D eigenvalue weighted by atomic mass is 10.1. The summed E-state index contributed by atoms with van der Waals surface area (Å²) in [4.78, 5) is 8.36. The average molecular weight is 179 g/mol. The predicted molar refractivity (Wildman–Crippen MR) is 55.9 cm³/mol. The van der Waals surface area contributed by atoms with E-state index < -0.39 is 0 Å². The van der Waals surface area contributed by atoms with Crippen LogP contribution < -0.4 is 0 Å². The van der Waals surface area contributed by atoms with Crippen LogP contribution in [0.1, 0.15) is 0 Å². The summed E-state index contributed by atoms with van der Waals surface area (Å²) in [5, 5.41) is 3.28. The molecule has 1 aromatic carbocycles. The first-order valence-electron chi connectivity index (χ1n) is 4.46. The summed E-state index contributed by atoms with van der Waals surface area (Å²) in [7, 11) is 0. The van der Waals surface area contributed by atoms with Crippen molar-refractivity contribution in [1.82, 2.24) is 9.97 Å². The van der Waals surface area contributed by atoms with Crippen LogP contribution in [0.15, 0.2) is 42.6 Å². The van der Waals surface area contributed by atoms with Gasteiger partial charge in [0.1, 0.15) is 0 Å². The first-order chi connectivity index (χ1) is 6.95. The Morgan fingerprint density at radius 1 is 0.929 bits per heavy atom. The molecule has 2 heteroatoms. The third-order valence-corrected chi connectivity index (χ3v) is 2.29. The van der Waals surface area contributed by atoms with Gasteiger partial charge in [0.25, 0.3) is 0 Å². The number of nitrogens with zero attached hydrogens (tertiary/aromatic N) is 2. The van der Waals surface area contributed by atoms with Crippen molar-refractivity contribution >= 4 is 21.8 Å². The fourth-order valence-electron chi connectivity index (χ4n) is 1.62. The molecule has 0 aliphatic heterocycles. The van der Waals surface area contributed by atoms with Crippen LogP contribution in [0.5, 0.6) is 0 Å². The molecule has 0 saturated heterocycles. The van der Waals surface area contributed by atoms with E-state index in [4.69, 9.17) is 0 Å². The van der Waals surface area contributed by atoms with E-state index in [1.807, 2.05) is 30.3 Å². The third kappa shape index (κ3) is 0.973. The van der Waals surface area contributed by atoms with Crippen molar-refractivity contribution in [2.24, 2.45) is 0 Å². The summed E-state index contributed by atoms with van der Waals surface area (Å²) in [6, 6.07) is 12.0. The number of rotatable bonds is 0. The van der Waals surface area contributed by atoms with Gasteiger partial charge in [-0.2, -0.15) is 0 Å². The van der Waals surface area contributed by atoms with Crippen LogP contribution in [-0.4, -0.2) is 9.97 Å². The highest BCUT2D eigenvalue weighted by Gasteiger charge is 2.00. The van der Waals surface area contributed by atoms with Crippen LogP contribution in [0.4, 0.5) is 0 Å². The Morgan fingerprint density at radius 2 is 1.79 bits per heavy atom. The molecule has 3 aromatic rings. The molecule has 0 fully saturated rings. The summed E-state index contributed by atoms with van der Waals surface area (Å²) in [5.74, 6) is 0. The summed E-state index contributed by atoms with van der Waals surface area (Å²) < 4.78 is 0. The quantitative estimate of drug-likeness (QED) is 0.496. The second kappa shape index (κ2) is 2.77. The van der Waals surface area contributed by atoms with E-state index in [0.29, 0.717) is 0 Å². The summed E-state index contributed by atoms with van der Waals surface area (Å²) in [5.41, 5.74) is 0.756. The van der Waals surface area contributed by atoms with Crippen LogP contribution in [0, 0.1) is 6.20 Å². The smallest absolute Gasteiger partial charge is 0.160 e. The second-order valence-electron chi connectivity index (χ2n) is 3.14. The summed E-state index contributed by atoms with van der Waals surface area (Å²) >= 11 is 0. The van der Waals surface area contributed by atoms with Gasteiger partial charge < -0.3 is 0 Å². The van der Waals surface area contributed by atoms with Crippen molar-refractivity contribution in [3.05, 3.63) is 48.8 Å². The molecule has 2 heterocycles. The predicted octanol–water partition coefficient (Wildman–Crippen LogP) is 2.58. The minimum atomic E-state index is 0.756. The van der Waals surface area contributed by atoms with E-state index in [1.165, 1.54) is 0 Å². The Bertz CT molecular complexity index is 547. The first kappa shape index (κ1) is 7.44. The van der Waals surface area contributed by atoms with Gasteiger partial charge in [0.15, 0.2) is 5.65 Å². The monoisotopic (exact) mass is 179 g/mol. The van der Waals surface area contributed by atoms with Crippen LogP contribution in [-0.2, 0) is 0 Å². The van der Waals surface area contributed by atoms with E-state index >= 15 is 0 Å². The van der Waals surface area contributed by atoms with Gasteiger partial charge in [-0.3, -0.25) is 0 Å². The largest absolute Gasteiger partial charge is 0.237 e. The van der Waals surface area contributed by atoms with Crippen LogP contribution in [0.3, 0.4) is 0 Å². The van der Waals surface area contributed by atoms with E-state index in [1.54, 1.807) is 6.20 Å². The van der Waals surface area contributed by atoms with Gasteiger partial charge in [0.05, 0.1) is 6.20 Å². The van der Waals surface area contributed by atoms with Crippen molar-refractivity contribution in [1.29, 1.82) is 0 Å². The Balaban J connectivity index is 2.61. The Labute approximate surface area is 81.2 Å². The molecule has 0 atom stereocenters. The van der Waals surface area contributed by atoms with Gasteiger partial charge >= 0.3 is 0 Å². The zero-order valence-corrected chi connectivity index (χ0v) is 7.44. The van der Waals surface area contributed by atoms with E-state index in [-0.39, 0.29) is 0 Å². The maximum absolute atomic E-state index is 4.19. The van der Waals surface area contributed by atoms with Gasteiger partial charge in [-0.15, -0.1) is 0 Å². The second-order valence-corrected chi connectivity index (χ2v) is 3.14. The number of aromatic nitrogens is 2. The Hall–Kier alpha value is -1.96. The fraction of sp³-hybridized carbons (Fsp3) is 0. The highest BCUT2D eigenvalue weighted by atomic mass is 14.8. The summed E-state index contributed by atoms with van der Waals surface area (Å²) in [6.07, 6.45) is 4.73. The minimum Gasteiger partial charge on any atom is -0.237 e. The molecule has 0 N–H and O–H groups in total. The molecule has 0 amide bonds. The number of hydrogen-bond donors (Lipinski definition) is 0. The van der Waals surface area contributed by atoms with Crippen molar-refractivity contribution in [2.75, 3.05) is 0 Å². The zero-order chi connectivity index (χ0) is 9.38. The number of benzene rings is 1. The molecule has 0 bridgehead atoms. The molecule has 65 valence electrons. The molecule has 14 heavy (non-hydrogen) atoms. The van der Waals surface area contributed by atoms with Gasteiger partial charge in [-0.05, 0) is 17.5 Å². The lowest BCUT2D eigenvalue weighted by Crippen LogP contribution is -1.84. The van der Waals surface area contributed by atoms with Crippen molar-refractivity contribution in [2.45, 2.75) is 0 Å². The highest BCUT2D eigenvalue weighted by Crippen LogP contribution is 2.20. The molecule has 2 nitrogen and oxygen atoms in total. The maximum atomic E-state index is 4.19. The summed E-state index contributed by atoms with van der Waals surface area (Å²) in [6.45, 7) is 0. The lowest BCUT2D eigenvalue weighted by molar-refractivity contribution is 1.29. The molecule has 3 rings (SSSR count). The normalized spacial score (nSPS) is 10.9. The Kier molecular flexibility index (Phi) is 1.47. The number of pyridine rings is 2. The standard InChI is InChI=1S/C12H7N2/c1-2-5-10-9(4-1)8-14-12-11(10)6-3-7-13-12/h1-7H. The molecular formula is C12H7N2. The zero-order valence-electron chi connectivity index (χ0n) is 7.44. The topological polar surface area (TPSA) is 25.8 Å². The molecule has 0 aliphatic carbocycles. The van der Waals surface area contributed by atoms with Crippen molar-refractivity contribution < 1.29 is 0 Å². The fourth-order valence-corrected chi connectivity index (χ4v) is 1.62. The van der Waals surface area contributed by atoms with Gasteiger partial charge in [0.2, 0.25) is 0 Å². The van der Waals surface area contributed by atoms with Crippen LogP contribution in [0.2, 0.25) is 0 Å². The van der Waals surface area contributed by atoms with E-state index in [0.717, 1.165) is 21.8 Å². The first-order valence-corrected chi connectivity index (χ1v) is 4.46. The van der Waals surface area contributed by atoms with E-state index in [2.05, 4.69) is 22.2 Å². The van der Waals surface area contributed by atoms with Gasteiger partial charge in [-0.25, -0.2) is 9.97 Å². The van der Waals surface area contributed by atoms with Gasteiger partial charge in [-0.1, -0.05) is 24.3 Å². The maximum Gasteiger partial charge on any atom is 0.160 e. The van der Waals surface area contributed by atoms with Gasteiger partial charge in [0, 0.05) is 17.0 Å².